The van der Waals surface area contributed by atoms with Crippen LogP contribution in [0.2, 0.25) is 0 Å². The molecule has 0 aliphatic carbocycles. The number of hydrogen-bond acceptors (Lipinski definition) is 7. The molecular weight excluding hydrogens is 458 g/mol. The number of aryl methyl sites for hydroxylation is 2. The summed E-state index contributed by atoms with van der Waals surface area (Å²) in [6.45, 7) is 1.77. The van der Waals surface area contributed by atoms with Gasteiger partial charge in [-0.1, -0.05) is 30.3 Å². The third kappa shape index (κ3) is 3.90. The van der Waals surface area contributed by atoms with Crippen molar-refractivity contribution in [2.24, 2.45) is 14.1 Å². The van der Waals surface area contributed by atoms with Crippen LogP contribution in [-0.2, 0) is 18.8 Å². The highest BCUT2D eigenvalue weighted by atomic mass is 32.1. The Hall–Kier alpha value is -3.56. The van der Waals surface area contributed by atoms with E-state index in [0.29, 0.717) is 5.82 Å². The van der Waals surface area contributed by atoms with Gasteiger partial charge in [0.15, 0.2) is 11.6 Å². The normalized spacial score (nSPS) is 14.8. The van der Waals surface area contributed by atoms with Crippen molar-refractivity contribution in [3.8, 4) is 33.3 Å². The summed E-state index contributed by atoms with van der Waals surface area (Å²) in [6, 6.07) is 12.6. The van der Waals surface area contributed by atoms with Gasteiger partial charge in [0.05, 0.1) is 16.4 Å². The fourth-order valence-electron chi connectivity index (χ4n) is 4.79. The van der Waals surface area contributed by atoms with Crippen molar-refractivity contribution in [2.45, 2.75) is 18.9 Å². The van der Waals surface area contributed by atoms with Crippen molar-refractivity contribution in [3.05, 3.63) is 55.0 Å². The highest BCUT2D eigenvalue weighted by Crippen LogP contribution is 2.47. The number of thiophene rings is 1. The van der Waals surface area contributed by atoms with Crippen LogP contribution in [0.5, 0.6) is 0 Å². The van der Waals surface area contributed by atoms with Gasteiger partial charge in [-0.05, 0) is 24.5 Å². The quantitative estimate of drug-likeness (QED) is 0.357. The number of methoxy groups -OCH3 is 1. The molecule has 0 amide bonds. The summed E-state index contributed by atoms with van der Waals surface area (Å²) in [5.41, 5.74) is 3.22. The second kappa shape index (κ2) is 8.90. The van der Waals surface area contributed by atoms with Crippen LogP contribution in [0.25, 0.3) is 43.6 Å². The minimum Gasteiger partial charge on any atom is -0.381 e. The van der Waals surface area contributed by atoms with E-state index in [9.17, 15) is 0 Å². The lowest BCUT2D eigenvalue weighted by molar-refractivity contribution is 0.0818. The van der Waals surface area contributed by atoms with Crippen molar-refractivity contribution < 1.29 is 4.74 Å². The zero-order valence-corrected chi connectivity index (χ0v) is 20.9. The molecule has 0 spiro atoms. The first-order valence-electron chi connectivity index (χ1n) is 11.8. The Morgan fingerprint density at radius 1 is 1.00 bits per heavy atom. The number of piperidine rings is 1. The van der Waals surface area contributed by atoms with Gasteiger partial charge in [-0.25, -0.2) is 15.0 Å². The molecule has 5 heterocycles. The van der Waals surface area contributed by atoms with Crippen LogP contribution in [0, 0.1) is 0 Å². The molecule has 1 aliphatic heterocycles. The molecule has 1 aromatic carbocycles. The standard InChI is InChI=1S/C26H27N7OS/c1-31-16-12-27-25(31)23-28-24(33-14-9-18(34-3)10-15-33)21-20(17-7-5-4-6-8-17)22(35-26(21)29-23)19-11-13-32(2)30-19/h4-8,11-13,16,18H,9-10,14-15H2,1-3H3. The van der Waals surface area contributed by atoms with Gasteiger partial charge < -0.3 is 14.2 Å². The number of imidazole rings is 1. The maximum absolute atomic E-state index is 5.64. The second-order valence-corrected chi connectivity index (χ2v) is 9.88. The summed E-state index contributed by atoms with van der Waals surface area (Å²) >= 11 is 1.67. The molecule has 35 heavy (non-hydrogen) atoms. The minimum atomic E-state index is 0.290. The van der Waals surface area contributed by atoms with Crippen LogP contribution in [0.3, 0.4) is 0 Å². The van der Waals surface area contributed by atoms with E-state index in [1.165, 1.54) is 0 Å². The molecule has 9 heteroatoms. The number of hydrogen-bond donors (Lipinski definition) is 0. The van der Waals surface area contributed by atoms with E-state index in [4.69, 9.17) is 19.8 Å². The molecule has 1 fully saturated rings. The molecule has 8 nitrogen and oxygen atoms in total. The molecule has 1 aliphatic rings. The summed E-state index contributed by atoms with van der Waals surface area (Å²) in [5, 5.41) is 5.82. The van der Waals surface area contributed by atoms with Gasteiger partial charge in [0.1, 0.15) is 16.3 Å². The maximum atomic E-state index is 5.64. The molecule has 0 radical (unpaired) electrons. The largest absolute Gasteiger partial charge is 0.381 e. The average Bonchev–Trinajstić information content (AvgIpc) is 3.62. The van der Waals surface area contributed by atoms with Crippen LogP contribution in [0.1, 0.15) is 12.8 Å². The Balaban J connectivity index is 1.63. The number of nitrogens with zero attached hydrogens (tertiary/aromatic N) is 7. The predicted octanol–water partition coefficient (Wildman–Crippen LogP) is 4.77. The molecule has 5 aromatic rings. The number of anilines is 1. The second-order valence-electron chi connectivity index (χ2n) is 8.88. The van der Waals surface area contributed by atoms with E-state index in [1.807, 2.05) is 41.8 Å². The number of rotatable bonds is 5. The Morgan fingerprint density at radius 3 is 2.46 bits per heavy atom. The highest BCUT2D eigenvalue weighted by molar-refractivity contribution is 7.22. The highest BCUT2D eigenvalue weighted by Gasteiger charge is 2.28. The molecule has 0 N–H and O–H groups in total. The van der Waals surface area contributed by atoms with Crippen molar-refractivity contribution in [2.75, 3.05) is 25.1 Å². The molecule has 0 saturated carbocycles. The van der Waals surface area contributed by atoms with E-state index < -0.39 is 0 Å². The topological polar surface area (TPSA) is 73.9 Å². The first-order valence-corrected chi connectivity index (χ1v) is 12.6. The third-order valence-electron chi connectivity index (χ3n) is 6.64. The van der Waals surface area contributed by atoms with Gasteiger partial charge in [-0.3, -0.25) is 4.68 Å². The van der Waals surface area contributed by atoms with E-state index in [-0.39, 0.29) is 6.10 Å². The number of aromatic nitrogens is 6. The molecule has 1 saturated heterocycles. The fourth-order valence-corrected chi connectivity index (χ4v) is 5.95. The Bertz CT molecular complexity index is 1480. The van der Waals surface area contributed by atoms with E-state index in [1.54, 1.807) is 24.6 Å². The van der Waals surface area contributed by atoms with Crippen LogP contribution in [0.15, 0.2) is 55.0 Å². The molecule has 0 bridgehead atoms. The summed E-state index contributed by atoms with van der Waals surface area (Å²) in [5.74, 6) is 2.36. The number of benzene rings is 1. The smallest absolute Gasteiger partial charge is 0.199 e. The SMILES string of the molecule is COC1CCN(c2nc(-c3nccn3C)nc3sc(-c4ccn(C)n4)c(-c4ccccc4)c23)CC1. The minimum absolute atomic E-state index is 0.290. The van der Waals surface area contributed by atoms with Crippen LogP contribution >= 0.6 is 11.3 Å². The van der Waals surface area contributed by atoms with Gasteiger partial charge in [0, 0.05) is 58.4 Å². The predicted molar refractivity (Wildman–Crippen MR) is 139 cm³/mol. The van der Waals surface area contributed by atoms with Gasteiger partial charge in [-0.15, -0.1) is 11.3 Å². The average molecular weight is 486 g/mol. The Kier molecular flexibility index (Phi) is 5.58. The maximum Gasteiger partial charge on any atom is 0.199 e. The number of fused-ring (bicyclic) bond motifs is 1. The van der Waals surface area contributed by atoms with Gasteiger partial charge in [-0.2, -0.15) is 5.10 Å². The molecular formula is C26H27N7OS. The molecule has 4 aromatic heterocycles. The lowest BCUT2D eigenvalue weighted by atomic mass is 10.0. The zero-order chi connectivity index (χ0) is 23.9. The van der Waals surface area contributed by atoms with Crippen molar-refractivity contribution in [1.29, 1.82) is 0 Å². The Labute approximate surface area is 207 Å². The van der Waals surface area contributed by atoms with Gasteiger partial charge in [0.2, 0.25) is 0 Å². The monoisotopic (exact) mass is 485 g/mol. The first-order chi connectivity index (χ1) is 17.1. The third-order valence-corrected chi connectivity index (χ3v) is 7.74. The van der Waals surface area contributed by atoms with Gasteiger partial charge >= 0.3 is 0 Å². The molecule has 178 valence electrons. The van der Waals surface area contributed by atoms with E-state index in [0.717, 1.165) is 69.5 Å². The summed E-state index contributed by atoms with van der Waals surface area (Å²) < 4.78 is 9.45. The summed E-state index contributed by atoms with van der Waals surface area (Å²) in [7, 11) is 5.72. The summed E-state index contributed by atoms with van der Waals surface area (Å²) in [6.07, 6.45) is 7.93. The summed E-state index contributed by atoms with van der Waals surface area (Å²) in [4.78, 5) is 19.2. The van der Waals surface area contributed by atoms with Crippen LogP contribution in [-0.4, -0.2) is 55.6 Å². The molecule has 0 unspecified atom stereocenters. The number of ether oxygens (including phenoxy) is 1. The lowest BCUT2D eigenvalue weighted by Crippen LogP contribution is -2.37. The van der Waals surface area contributed by atoms with Crippen molar-refractivity contribution >= 4 is 27.4 Å². The zero-order valence-electron chi connectivity index (χ0n) is 20.0. The van der Waals surface area contributed by atoms with Gasteiger partial charge in [0.25, 0.3) is 0 Å². The Morgan fingerprint density at radius 2 is 1.80 bits per heavy atom. The van der Waals surface area contributed by atoms with Crippen LogP contribution in [0.4, 0.5) is 5.82 Å². The lowest BCUT2D eigenvalue weighted by Gasteiger charge is -2.32. The first kappa shape index (κ1) is 21.9. The van der Waals surface area contributed by atoms with Crippen LogP contribution < -0.4 is 4.90 Å². The van der Waals surface area contributed by atoms with E-state index >= 15 is 0 Å². The fraction of sp³-hybridized carbons (Fsp3) is 0.308. The van der Waals surface area contributed by atoms with Crippen molar-refractivity contribution in [1.82, 2.24) is 29.3 Å². The molecule has 6 rings (SSSR count). The van der Waals surface area contributed by atoms with Crippen molar-refractivity contribution in [3.63, 3.8) is 0 Å². The molecule has 0 atom stereocenters. The van der Waals surface area contributed by atoms with E-state index in [2.05, 4.69) is 40.2 Å².